The molecule has 0 saturated carbocycles. The van der Waals surface area contributed by atoms with E-state index >= 15 is 0 Å². The lowest BCUT2D eigenvalue weighted by atomic mass is 10.2. The number of rotatable bonds is 4. The number of fused-ring (bicyclic) bond motifs is 1. The van der Waals surface area contributed by atoms with E-state index in [0.717, 1.165) is 49.7 Å². The van der Waals surface area contributed by atoms with Crippen molar-refractivity contribution < 1.29 is 0 Å². The molecule has 0 fully saturated rings. The Morgan fingerprint density at radius 2 is 2.14 bits per heavy atom. The molecule has 0 amide bonds. The number of halogens is 1. The predicted octanol–water partition coefficient (Wildman–Crippen LogP) is 4.35. The zero-order chi connectivity index (χ0) is 14.8. The number of anilines is 1. The van der Waals surface area contributed by atoms with Crippen molar-refractivity contribution in [2.75, 3.05) is 11.9 Å². The van der Waals surface area contributed by atoms with Gasteiger partial charge in [-0.15, -0.1) is 11.3 Å². The molecule has 3 heterocycles. The van der Waals surface area contributed by atoms with Gasteiger partial charge < -0.3 is 5.32 Å². The van der Waals surface area contributed by atoms with Crippen LogP contribution >= 0.6 is 33.9 Å². The topological polar surface area (TPSA) is 50.7 Å². The third-order valence-electron chi connectivity index (χ3n) is 3.16. The largest absolute Gasteiger partial charge is 0.369 e. The van der Waals surface area contributed by atoms with Crippen molar-refractivity contribution in [3.05, 3.63) is 33.0 Å². The van der Waals surface area contributed by atoms with Crippen molar-refractivity contribution in [3.63, 3.8) is 0 Å². The minimum atomic E-state index is 0.742. The van der Waals surface area contributed by atoms with E-state index in [1.807, 2.05) is 12.3 Å². The Kier molecular flexibility index (Phi) is 4.34. The predicted molar refractivity (Wildman–Crippen MR) is 96.9 cm³/mol. The van der Waals surface area contributed by atoms with E-state index in [1.54, 1.807) is 11.3 Å². The van der Waals surface area contributed by atoms with Crippen molar-refractivity contribution in [1.29, 1.82) is 0 Å². The third-order valence-corrected chi connectivity index (χ3v) is 5.15. The highest BCUT2D eigenvalue weighted by Gasteiger charge is 2.12. The van der Waals surface area contributed by atoms with Crippen LogP contribution in [-0.2, 0) is 6.42 Å². The van der Waals surface area contributed by atoms with Crippen molar-refractivity contribution in [2.45, 2.75) is 20.3 Å². The van der Waals surface area contributed by atoms with E-state index in [4.69, 9.17) is 4.98 Å². The van der Waals surface area contributed by atoms with E-state index in [-0.39, 0.29) is 0 Å². The maximum Gasteiger partial charge on any atom is 0.163 e. The molecule has 0 aliphatic rings. The number of nitrogens with zero attached hydrogens (tertiary/aromatic N) is 3. The molecule has 0 atom stereocenters. The quantitative estimate of drug-likeness (QED) is 0.650. The molecule has 0 spiro atoms. The Morgan fingerprint density at radius 3 is 2.90 bits per heavy atom. The Morgan fingerprint density at radius 1 is 1.29 bits per heavy atom. The van der Waals surface area contributed by atoms with Crippen LogP contribution in [0.2, 0.25) is 0 Å². The standard InChI is InChI=1S/C15H15IN4S/c1-3-10-13(16)15(17-4-2)20-14(19-10)9-7-12-11(18-8-9)5-6-21-12/h5-8H,3-4H2,1-2H3,(H,17,19,20). The molecule has 21 heavy (non-hydrogen) atoms. The van der Waals surface area contributed by atoms with Crippen molar-refractivity contribution in [1.82, 2.24) is 15.0 Å². The molecule has 4 nitrogen and oxygen atoms in total. The molecule has 0 bridgehead atoms. The van der Waals surface area contributed by atoms with Gasteiger partial charge in [0.05, 0.1) is 19.5 Å². The lowest BCUT2D eigenvalue weighted by Gasteiger charge is -2.11. The molecule has 1 N–H and O–H groups in total. The third kappa shape index (κ3) is 2.87. The van der Waals surface area contributed by atoms with Crippen LogP contribution in [0.15, 0.2) is 23.7 Å². The number of nitrogens with one attached hydrogen (secondary N) is 1. The zero-order valence-electron chi connectivity index (χ0n) is 11.9. The smallest absolute Gasteiger partial charge is 0.163 e. The van der Waals surface area contributed by atoms with Gasteiger partial charge in [0.2, 0.25) is 0 Å². The fourth-order valence-electron chi connectivity index (χ4n) is 2.11. The summed E-state index contributed by atoms with van der Waals surface area (Å²) in [5, 5.41) is 5.37. The average molecular weight is 410 g/mol. The van der Waals surface area contributed by atoms with Gasteiger partial charge in [0.25, 0.3) is 0 Å². The summed E-state index contributed by atoms with van der Waals surface area (Å²) in [4.78, 5) is 13.8. The van der Waals surface area contributed by atoms with Crippen LogP contribution in [0.25, 0.3) is 21.6 Å². The Hall–Kier alpha value is -1.28. The summed E-state index contributed by atoms with van der Waals surface area (Å²) in [5.74, 6) is 1.65. The van der Waals surface area contributed by atoms with E-state index < -0.39 is 0 Å². The molecule has 108 valence electrons. The second-order valence-corrected chi connectivity index (χ2v) is 6.59. The number of hydrogen-bond acceptors (Lipinski definition) is 5. The Bertz CT molecular complexity index is 784. The molecule has 0 aromatic carbocycles. The second kappa shape index (κ2) is 6.23. The van der Waals surface area contributed by atoms with Crippen LogP contribution < -0.4 is 5.32 Å². The second-order valence-electron chi connectivity index (χ2n) is 4.57. The molecule has 0 unspecified atom stereocenters. The minimum Gasteiger partial charge on any atom is -0.369 e. The van der Waals surface area contributed by atoms with Crippen molar-refractivity contribution in [2.24, 2.45) is 0 Å². The van der Waals surface area contributed by atoms with Crippen LogP contribution in [-0.4, -0.2) is 21.5 Å². The van der Waals surface area contributed by atoms with Gasteiger partial charge in [0.15, 0.2) is 5.82 Å². The normalized spacial score (nSPS) is 11.0. The lowest BCUT2D eigenvalue weighted by molar-refractivity contribution is 0.982. The Labute approximate surface area is 141 Å². The van der Waals surface area contributed by atoms with E-state index in [0.29, 0.717) is 0 Å². The summed E-state index contributed by atoms with van der Waals surface area (Å²) >= 11 is 4.00. The lowest BCUT2D eigenvalue weighted by Crippen LogP contribution is -2.07. The first-order valence-corrected chi connectivity index (χ1v) is 8.82. The molecule has 0 aliphatic heterocycles. The highest BCUT2D eigenvalue weighted by atomic mass is 127. The fraction of sp³-hybridized carbons (Fsp3) is 0.267. The van der Waals surface area contributed by atoms with Gasteiger partial charge in [-0.05, 0) is 53.4 Å². The fourth-order valence-corrected chi connectivity index (χ4v) is 3.70. The first-order valence-electron chi connectivity index (χ1n) is 6.86. The van der Waals surface area contributed by atoms with Gasteiger partial charge >= 0.3 is 0 Å². The van der Waals surface area contributed by atoms with Gasteiger partial charge in [-0.1, -0.05) is 6.92 Å². The molecule has 0 radical (unpaired) electrons. The molecule has 3 aromatic rings. The maximum atomic E-state index is 4.70. The highest BCUT2D eigenvalue weighted by Crippen LogP contribution is 2.27. The minimum absolute atomic E-state index is 0.742. The Balaban J connectivity index is 2.13. The van der Waals surface area contributed by atoms with Gasteiger partial charge in [0, 0.05) is 18.3 Å². The van der Waals surface area contributed by atoms with Gasteiger partial charge in [0.1, 0.15) is 5.82 Å². The first-order chi connectivity index (χ1) is 10.2. The monoisotopic (exact) mass is 410 g/mol. The summed E-state index contributed by atoms with van der Waals surface area (Å²) in [6, 6.07) is 4.14. The molecular weight excluding hydrogens is 395 g/mol. The molecule has 0 aliphatic carbocycles. The molecule has 6 heteroatoms. The van der Waals surface area contributed by atoms with Crippen LogP contribution in [0, 0.1) is 3.57 Å². The SMILES string of the molecule is CCNc1nc(-c2cnc3ccsc3c2)nc(CC)c1I. The number of aromatic nitrogens is 3. The summed E-state index contributed by atoms with van der Waals surface area (Å²) in [6.45, 7) is 5.03. The van der Waals surface area contributed by atoms with Crippen LogP contribution in [0.3, 0.4) is 0 Å². The summed E-state index contributed by atoms with van der Waals surface area (Å²) in [7, 11) is 0. The number of aryl methyl sites for hydroxylation is 1. The average Bonchev–Trinajstić information content (AvgIpc) is 2.97. The van der Waals surface area contributed by atoms with E-state index in [9.17, 15) is 0 Å². The van der Waals surface area contributed by atoms with Crippen LogP contribution in [0.1, 0.15) is 19.5 Å². The molecular formula is C15H15IN4S. The van der Waals surface area contributed by atoms with Crippen LogP contribution in [0.5, 0.6) is 0 Å². The van der Waals surface area contributed by atoms with Crippen LogP contribution in [0.4, 0.5) is 5.82 Å². The van der Waals surface area contributed by atoms with Gasteiger partial charge in [-0.25, -0.2) is 9.97 Å². The summed E-state index contributed by atoms with van der Waals surface area (Å²) in [6.07, 6.45) is 2.74. The van der Waals surface area contributed by atoms with E-state index in [2.05, 4.69) is 63.2 Å². The van der Waals surface area contributed by atoms with Gasteiger partial charge in [-0.3, -0.25) is 4.98 Å². The summed E-state index contributed by atoms with van der Waals surface area (Å²) in [5.41, 5.74) is 3.06. The highest BCUT2D eigenvalue weighted by molar-refractivity contribution is 14.1. The number of hydrogen-bond donors (Lipinski definition) is 1. The van der Waals surface area contributed by atoms with Crippen molar-refractivity contribution in [3.8, 4) is 11.4 Å². The molecule has 3 rings (SSSR count). The van der Waals surface area contributed by atoms with Crippen molar-refractivity contribution >= 4 is 50.0 Å². The maximum absolute atomic E-state index is 4.70. The van der Waals surface area contributed by atoms with Gasteiger partial charge in [-0.2, -0.15) is 0 Å². The number of thiophene rings is 1. The number of pyridine rings is 1. The summed E-state index contributed by atoms with van der Waals surface area (Å²) < 4.78 is 2.27. The molecule has 3 aromatic heterocycles. The zero-order valence-corrected chi connectivity index (χ0v) is 14.8. The molecule has 0 saturated heterocycles. The van der Waals surface area contributed by atoms with E-state index in [1.165, 1.54) is 0 Å². The first kappa shape index (κ1) is 14.6.